The maximum absolute atomic E-state index is 11.6. The van der Waals surface area contributed by atoms with Crippen molar-refractivity contribution in [1.29, 1.82) is 5.26 Å². The molecule has 1 amide bonds. The van der Waals surface area contributed by atoms with Crippen molar-refractivity contribution in [2.45, 2.75) is 51.7 Å². The van der Waals surface area contributed by atoms with Crippen LogP contribution in [-0.2, 0) is 4.79 Å². The second kappa shape index (κ2) is 11.8. The summed E-state index contributed by atoms with van der Waals surface area (Å²) in [5, 5.41) is 9.45. The molecule has 1 aromatic carbocycles. The van der Waals surface area contributed by atoms with Crippen molar-refractivity contribution < 1.29 is 9.53 Å². The van der Waals surface area contributed by atoms with Gasteiger partial charge in [0.2, 0.25) is 6.41 Å². The highest BCUT2D eigenvalue weighted by Crippen LogP contribution is 2.33. The maximum atomic E-state index is 11.6. The van der Waals surface area contributed by atoms with E-state index in [4.69, 9.17) is 4.74 Å². The molecule has 2 heterocycles. The van der Waals surface area contributed by atoms with Crippen molar-refractivity contribution >= 4 is 17.9 Å². The second-order valence-electron chi connectivity index (χ2n) is 9.09. The fourth-order valence-electron chi connectivity index (χ4n) is 4.95. The number of amidine groups is 1. The topological polar surface area (TPSA) is 85.1 Å². The quantitative estimate of drug-likeness (QED) is 0.325. The molecule has 3 rings (SSSR count). The van der Waals surface area contributed by atoms with Crippen LogP contribution in [0.2, 0.25) is 0 Å². The number of hydrogen-bond donors (Lipinski definition) is 0. The number of benzene rings is 1. The Morgan fingerprint density at radius 3 is 2.51 bits per heavy atom. The minimum absolute atomic E-state index is 0.0892. The molecular weight excluding hydrogens is 440 g/mol. The van der Waals surface area contributed by atoms with Crippen molar-refractivity contribution in [1.82, 2.24) is 14.8 Å². The van der Waals surface area contributed by atoms with Crippen molar-refractivity contribution in [2.24, 2.45) is 4.99 Å². The van der Waals surface area contributed by atoms with Gasteiger partial charge in [-0.3, -0.25) is 9.69 Å². The minimum atomic E-state index is 0.0892. The molecule has 2 unspecified atom stereocenters. The second-order valence-corrected chi connectivity index (χ2v) is 9.09. The first-order chi connectivity index (χ1) is 16.9. The molecule has 0 bridgehead atoms. The van der Waals surface area contributed by atoms with E-state index in [1.165, 1.54) is 5.56 Å². The number of rotatable bonds is 8. The average molecular weight is 477 g/mol. The summed E-state index contributed by atoms with van der Waals surface area (Å²) in [5.41, 5.74) is 2.94. The minimum Gasteiger partial charge on any atom is -0.497 e. The van der Waals surface area contributed by atoms with Crippen LogP contribution < -0.4 is 9.64 Å². The van der Waals surface area contributed by atoms with Crippen LogP contribution in [0.3, 0.4) is 0 Å². The van der Waals surface area contributed by atoms with Crippen molar-refractivity contribution in [2.75, 3.05) is 39.2 Å². The molecule has 1 saturated heterocycles. The predicted octanol–water partition coefficient (Wildman–Crippen LogP) is 3.87. The highest BCUT2D eigenvalue weighted by molar-refractivity contribution is 6.05. The van der Waals surface area contributed by atoms with Gasteiger partial charge in [-0.05, 0) is 49.6 Å². The lowest BCUT2D eigenvalue weighted by Gasteiger charge is -2.49. The molecule has 1 aromatic heterocycles. The van der Waals surface area contributed by atoms with Crippen LogP contribution in [0.1, 0.15) is 56.6 Å². The van der Waals surface area contributed by atoms with Crippen LogP contribution in [0, 0.1) is 11.3 Å². The smallest absolute Gasteiger partial charge is 0.234 e. The lowest BCUT2D eigenvalue weighted by Crippen LogP contribution is -2.59. The number of piperazine rings is 1. The molecule has 1 aliphatic rings. The SMILES string of the molecule is CCC(c1ccc(OC)cc1)N1CC(C)N(C(=NC=O)c2nc(C#N)ccc2N(C)C)C[C@H]1CC. The van der Waals surface area contributed by atoms with Gasteiger partial charge in [0.25, 0.3) is 0 Å². The van der Waals surface area contributed by atoms with Gasteiger partial charge >= 0.3 is 0 Å². The van der Waals surface area contributed by atoms with E-state index in [0.29, 0.717) is 30.2 Å². The van der Waals surface area contributed by atoms with Gasteiger partial charge in [-0.2, -0.15) is 10.3 Å². The molecule has 3 atom stereocenters. The Labute approximate surface area is 208 Å². The normalized spacial score (nSPS) is 19.7. The van der Waals surface area contributed by atoms with E-state index in [1.807, 2.05) is 37.2 Å². The number of carbonyl (C=O) groups excluding carboxylic acids is 1. The number of hydrogen-bond acceptors (Lipinski definition) is 6. The summed E-state index contributed by atoms with van der Waals surface area (Å²) in [4.78, 5) is 27.1. The van der Waals surface area contributed by atoms with E-state index < -0.39 is 0 Å². The Balaban J connectivity index is 1.97. The molecule has 0 radical (unpaired) electrons. The number of anilines is 1. The number of carbonyl (C=O) groups is 1. The van der Waals surface area contributed by atoms with Crippen LogP contribution in [0.4, 0.5) is 5.69 Å². The van der Waals surface area contributed by atoms with E-state index in [9.17, 15) is 10.1 Å². The molecule has 0 saturated carbocycles. The van der Waals surface area contributed by atoms with Gasteiger partial charge in [0.05, 0.1) is 12.8 Å². The third kappa shape index (κ3) is 5.63. The lowest BCUT2D eigenvalue weighted by atomic mass is 9.95. The number of amides is 1. The molecule has 8 heteroatoms. The molecule has 186 valence electrons. The first-order valence-electron chi connectivity index (χ1n) is 12.1. The number of nitrogens with zero attached hydrogens (tertiary/aromatic N) is 6. The van der Waals surface area contributed by atoms with Crippen LogP contribution in [0.15, 0.2) is 41.4 Å². The molecule has 1 aliphatic heterocycles. The van der Waals surface area contributed by atoms with Gasteiger partial charge in [-0.1, -0.05) is 26.0 Å². The average Bonchev–Trinajstić information content (AvgIpc) is 2.88. The van der Waals surface area contributed by atoms with Crippen molar-refractivity contribution in [3.8, 4) is 11.8 Å². The Kier molecular flexibility index (Phi) is 8.83. The highest BCUT2D eigenvalue weighted by Gasteiger charge is 2.37. The van der Waals surface area contributed by atoms with Crippen LogP contribution in [-0.4, -0.2) is 73.4 Å². The third-order valence-electron chi connectivity index (χ3n) is 6.77. The van der Waals surface area contributed by atoms with Gasteiger partial charge in [0.1, 0.15) is 23.2 Å². The molecule has 1 fully saturated rings. The summed E-state index contributed by atoms with van der Waals surface area (Å²) in [6.07, 6.45) is 2.51. The summed E-state index contributed by atoms with van der Waals surface area (Å²) in [6.45, 7) is 8.10. The van der Waals surface area contributed by atoms with Crippen LogP contribution in [0.25, 0.3) is 0 Å². The van der Waals surface area contributed by atoms with Crippen LogP contribution >= 0.6 is 0 Å². The fourth-order valence-corrected chi connectivity index (χ4v) is 4.95. The standard InChI is InChI=1S/C27H36N6O2/c1-7-22-17-32(27(29-18-34)26-25(31(4)5)14-11-21(15-28)30-26)19(3)16-33(22)24(8-2)20-9-12-23(35-6)13-10-20/h9-14,18-19,22,24H,7-8,16-17H2,1-6H3/t19?,22-,24?/m1/s1. The first kappa shape index (κ1) is 26.2. The summed E-state index contributed by atoms with van der Waals surface area (Å²) >= 11 is 0. The number of aromatic nitrogens is 1. The zero-order valence-corrected chi connectivity index (χ0v) is 21.6. The number of ether oxygens (including phenoxy) is 1. The largest absolute Gasteiger partial charge is 0.497 e. The summed E-state index contributed by atoms with van der Waals surface area (Å²) in [6, 6.07) is 14.6. The number of methoxy groups -OCH3 is 1. The zero-order chi connectivity index (χ0) is 25.5. The molecule has 0 N–H and O–H groups in total. The Bertz CT molecular complexity index is 1080. The summed E-state index contributed by atoms with van der Waals surface area (Å²) in [5.74, 6) is 1.37. The number of nitriles is 1. The first-order valence-corrected chi connectivity index (χ1v) is 12.1. The van der Waals surface area contributed by atoms with E-state index in [2.05, 4.69) is 58.7 Å². The monoisotopic (exact) mass is 476 g/mol. The van der Waals surface area contributed by atoms with Crippen LogP contribution in [0.5, 0.6) is 5.75 Å². The van der Waals surface area contributed by atoms with Gasteiger partial charge < -0.3 is 14.5 Å². The Morgan fingerprint density at radius 2 is 1.97 bits per heavy atom. The fraction of sp³-hybridized carbons (Fsp3) is 0.481. The Hall–Kier alpha value is -3.44. The van der Waals surface area contributed by atoms with Crippen molar-refractivity contribution in [3.05, 3.63) is 53.3 Å². The molecule has 8 nitrogen and oxygen atoms in total. The molecule has 35 heavy (non-hydrogen) atoms. The van der Waals surface area contributed by atoms with Gasteiger partial charge in [-0.15, -0.1) is 0 Å². The van der Waals surface area contributed by atoms with E-state index in [-0.39, 0.29) is 18.1 Å². The summed E-state index contributed by atoms with van der Waals surface area (Å²) in [7, 11) is 5.52. The zero-order valence-electron chi connectivity index (χ0n) is 21.6. The molecule has 0 aliphatic carbocycles. The number of pyridine rings is 1. The summed E-state index contributed by atoms with van der Waals surface area (Å²) < 4.78 is 5.34. The van der Waals surface area contributed by atoms with E-state index >= 15 is 0 Å². The molecule has 2 aromatic rings. The third-order valence-corrected chi connectivity index (χ3v) is 6.77. The molecule has 0 spiro atoms. The predicted molar refractivity (Wildman–Crippen MR) is 139 cm³/mol. The van der Waals surface area contributed by atoms with E-state index in [1.54, 1.807) is 13.2 Å². The molecular formula is C27H36N6O2. The maximum Gasteiger partial charge on any atom is 0.234 e. The number of aliphatic imine (C=N–C) groups is 1. The van der Waals surface area contributed by atoms with E-state index in [0.717, 1.165) is 30.8 Å². The lowest BCUT2D eigenvalue weighted by molar-refractivity contribution is -0.106. The van der Waals surface area contributed by atoms with Gasteiger partial charge in [0, 0.05) is 45.3 Å². The van der Waals surface area contributed by atoms with Crippen molar-refractivity contribution in [3.63, 3.8) is 0 Å². The Morgan fingerprint density at radius 1 is 1.26 bits per heavy atom. The van der Waals surface area contributed by atoms with Gasteiger partial charge in [-0.25, -0.2) is 4.98 Å². The highest BCUT2D eigenvalue weighted by atomic mass is 16.5. The van der Waals surface area contributed by atoms with Gasteiger partial charge in [0.15, 0.2) is 5.84 Å².